The molecule has 2 aromatic rings. The van der Waals surface area contributed by atoms with Gasteiger partial charge in [0.2, 0.25) is 5.91 Å². The maximum Gasteiger partial charge on any atom is 0.414 e. The molecule has 11 heteroatoms. The van der Waals surface area contributed by atoms with Crippen LogP contribution in [-0.4, -0.2) is 64.4 Å². The Morgan fingerprint density at radius 3 is 2.47 bits per heavy atom. The highest BCUT2D eigenvalue weighted by molar-refractivity contribution is 7.94. The molecule has 2 atom stereocenters. The molecule has 0 spiro atoms. The minimum Gasteiger partial charge on any atom is -0.459 e. The molecule has 2 heterocycles. The standard InChI is InChI=1S/C25H27N3O7S/c1-16(29)26-12-20-14-28(25(31)35-20)19-10-8-18(9-11-19)21-13-27-22(23(21)36(2,32)33)24(30)34-15-17-6-4-3-5-7-17/h3-11,20,22,27H,12-15H2,1-2H3,(H,26,29)/t20-,22+/m0/s1. The van der Waals surface area contributed by atoms with Crippen LogP contribution in [0.5, 0.6) is 0 Å². The van der Waals surface area contributed by atoms with E-state index in [2.05, 4.69) is 10.6 Å². The Bertz CT molecular complexity index is 1290. The second-order valence-electron chi connectivity index (χ2n) is 8.62. The van der Waals surface area contributed by atoms with Gasteiger partial charge in [0, 0.05) is 25.4 Å². The van der Waals surface area contributed by atoms with Crippen molar-refractivity contribution in [3.8, 4) is 0 Å². The van der Waals surface area contributed by atoms with E-state index in [9.17, 15) is 22.8 Å². The third-order valence-electron chi connectivity index (χ3n) is 5.88. The number of carbonyl (C=O) groups excluding carboxylic acids is 3. The van der Waals surface area contributed by atoms with Crippen LogP contribution in [-0.2, 0) is 35.5 Å². The Balaban J connectivity index is 1.51. The molecule has 0 bridgehead atoms. The summed E-state index contributed by atoms with van der Waals surface area (Å²) in [6.45, 7) is 2.07. The zero-order valence-electron chi connectivity index (χ0n) is 19.9. The van der Waals surface area contributed by atoms with Gasteiger partial charge in [0.15, 0.2) is 9.84 Å². The van der Waals surface area contributed by atoms with Gasteiger partial charge >= 0.3 is 12.1 Å². The van der Waals surface area contributed by atoms with Gasteiger partial charge in [0.1, 0.15) is 18.8 Å². The van der Waals surface area contributed by atoms with Crippen LogP contribution in [0.15, 0.2) is 59.5 Å². The van der Waals surface area contributed by atoms with E-state index in [1.165, 1.54) is 11.8 Å². The maximum atomic E-state index is 12.8. The quantitative estimate of drug-likeness (QED) is 0.509. The molecular formula is C25H27N3O7S. The lowest BCUT2D eigenvalue weighted by atomic mass is 10.1. The van der Waals surface area contributed by atoms with Gasteiger partial charge in [-0.05, 0) is 28.8 Å². The highest BCUT2D eigenvalue weighted by Gasteiger charge is 2.38. The van der Waals surface area contributed by atoms with Crippen molar-refractivity contribution < 1.29 is 32.3 Å². The van der Waals surface area contributed by atoms with Crippen molar-refractivity contribution in [1.82, 2.24) is 10.6 Å². The number of cyclic esters (lactones) is 1. The summed E-state index contributed by atoms with van der Waals surface area (Å²) in [7, 11) is -3.73. The summed E-state index contributed by atoms with van der Waals surface area (Å²) in [5.41, 5.74) is 2.44. The number of hydrogen-bond acceptors (Lipinski definition) is 8. The average Bonchev–Trinajstić information content (AvgIpc) is 3.46. The number of amides is 2. The Morgan fingerprint density at radius 1 is 1.14 bits per heavy atom. The normalized spacial score (nSPS) is 19.8. The first-order valence-corrected chi connectivity index (χ1v) is 13.2. The molecule has 2 aliphatic rings. The van der Waals surface area contributed by atoms with Gasteiger partial charge in [-0.15, -0.1) is 0 Å². The summed E-state index contributed by atoms with van der Waals surface area (Å²) in [5.74, 6) is -0.882. The maximum absolute atomic E-state index is 12.8. The van der Waals surface area contributed by atoms with E-state index in [1.54, 1.807) is 24.3 Å². The number of carbonyl (C=O) groups is 3. The number of rotatable bonds is 8. The SMILES string of the molecule is CC(=O)NC[C@H]1CN(c2ccc(C3=C(S(C)(=O)=O)[C@H](C(=O)OCc4ccccc4)NC3)cc2)C(=O)O1. The molecule has 1 fully saturated rings. The van der Waals surface area contributed by atoms with Crippen LogP contribution in [0.4, 0.5) is 10.5 Å². The molecule has 0 aliphatic carbocycles. The molecule has 2 aliphatic heterocycles. The molecule has 2 amide bonds. The van der Waals surface area contributed by atoms with Crippen molar-refractivity contribution in [3.05, 3.63) is 70.6 Å². The zero-order valence-corrected chi connectivity index (χ0v) is 20.7. The van der Waals surface area contributed by atoms with Gasteiger partial charge in [-0.2, -0.15) is 0 Å². The van der Waals surface area contributed by atoms with E-state index < -0.39 is 34.0 Å². The molecule has 0 saturated carbocycles. The van der Waals surface area contributed by atoms with E-state index in [-0.39, 0.29) is 37.1 Å². The Hall–Kier alpha value is -3.70. The summed E-state index contributed by atoms with van der Waals surface area (Å²) in [6, 6.07) is 14.8. The number of hydrogen-bond donors (Lipinski definition) is 2. The topological polar surface area (TPSA) is 131 Å². The number of esters is 1. The van der Waals surface area contributed by atoms with Crippen molar-refractivity contribution >= 4 is 39.1 Å². The summed E-state index contributed by atoms with van der Waals surface area (Å²) in [4.78, 5) is 37.6. The van der Waals surface area contributed by atoms with Gasteiger partial charge < -0.3 is 14.8 Å². The van der Waals surface area contributed by atoms with E-state index in [4.69, 9.17) is 9.47 Å². The fourth-order valence-corrected chi connectivity index (χ4v) is 5.43. The summed E-state index contributed by atoms with van der Waals surface area (Å²) < 4.78 is 36.0. The van der Waals surface area contributed by atoms with Crippen molar-refractivity contribution in [3.63, 3.8) is 0 Å². The van der Waals surface area contributed by atoms with Crippen LogP contribution in [0.2, 0.25) is 0 Å². The van der Waals surface area contributed by atoms with Crippen LogP contribution in [0.25, 0.3) is 5.57 Å². The highest BCUT2D eigenvalue weighted by atomic mass is 32.2. The predicted molar refractivity (Wildman–Crippen MR) is 133 cm³/mol. The van der Waals surface area contributed by atoms with Crippen LogP contribution < -0.4 is 15.5 Å². The summed E-state index contributed by atoms with van der Waals surface area (Å²) in [5, 5.41) is 5.58. The highest BCUT2D eigenvalue weighted by Crippen LogP contribution is 2.32. The second-order valence-corrected chi connectivity index (χ2v) is 10.6. The zero-order chi connectivity index (χ0) is 25.9. The van der Waals surface area contributed by atoms with E-state index in [1.807, 2.05) is 30.3 Å². The molecule has 4 rings (SSSR count). The lowest BCUT2D eigenvalue weighted by Crippen LogP contribution is -2.37. The van der Waals surface area contributed by atoms with Crippen LogP contribution in [0.1, 0.15) is 18.1 Å². The van der Waals surface area contributed by atoms with Gasteiger partial charge in [0.25, 0.3) is 0 Å². The lowest BCUT2D eigenvalue weighted by molar-refractivity contribution is -0.146. The Morgan fingerprint density at radius 2 is 1.83 bits per heavy atom. The molecule has 2 aromatic carbocycles. The van der Waals surface area contributed by atoms with Gasteiger partial charge in [-0.1, -0.05) is 42.5 Å². The summed E-state index contributed by atoms with van der Waals surface area (Å²) >= 11 is 0. The van der Waals surface area contributed by atoms with Gasteiger partial charge in [-0.25, -0.2) is 18.0 Å². The molecule has 2 N–H and O–H groups in total. The largest absolute Gasteiger partial charge is 0.459 e. The average molecular weight is 514 g/mol. The van der Waals surface area contributed by atoms with Crippen molar-refractivity contribution in [2.24, 2.45) is 0 Å². The third kappa shape index (κ3) is 5.74. The number of nitrogens with one attached hydrogen (secondary N) is 2. The molecular weight excluding hydrogens is 486 g/mol. The monoisotopic (exact) mass is 513 g/mol. The number of benzene rings is 2. The summed E-state index contributed by atoms with van der Waals surface area (Å²) in [6.07, 6.45) is 0.0663. The van der Waals surface area contributed by atoms with E-state index >= 15 is 0 Å². The lowest BCUT2D eigenvalue weighted by Gasteiger charge is -2.15. The number of anilines is 1. The van der Waals surface area contributed by atoms with Gasteiger partial charge in [-0.3, -0.25) is 15.0 Å². The van der Waals surface area contributed by atoms with Crippen LogP contribution in [0, 0.1) is 0 Å². The first-order valence-electron chi connectivity index (χ1n) is 11.3. The van der Waals surface area contributed by atoms with Crippen molar-refractivity contribution in [2.75, 3.05) is 30.8 Å². The minimum atomic E-state index is -3.73. The molecule has 10 nitrogen and oxygen atoms in total. The van der Waals surface area contributed by atoms with E-state index in [0.29, 0.717) is 16.8 Å². The van der Waals surface area contributed by atoms with Crippen molar-refractivity contribution in [1.29, 1.82) is 0 Å². The van der Waals surface area contributed by atoms with Crippen LogP contribution in [0.3, 0.4) is 0 Å². The fraction of sp³-hybridized carbons (Fsp3) is 0.320. The second kappa shape index (κ2) is 10.5. The van der Waals surface area contributed by atoms with Gasteiger partial charge in [0.05, 0.1) is 18.0 Å². The first kappa shape index (κ1) is 25.4. The Labute approximate surface area is 209 Å². The number of sulfone groups is 1. The molecule has 190 valence electrons. The molecule has 0 unspecified atom stereocenters. The minimum absolute atomic E-state index is 0.0238. The number of ether oxygens (including phenoxy) is 2. The predicted octanol–water partition coefficient (Wildman–Crippen LogP) is 1.62. The first-order chi connectivity index (χ1) is 17.1. The fourth-order valence-electron chi connectivity index (χ4n) is 4.18. The number of nitrogens with zero attached hydrogens (tertiary/aromatic N) is 1. The smallest absolute Gasteiger partial charge is 0.414 e. The molecule has 1 saturated heterocycles. The Kier molecular flexibility index (Phi) is 7.41. The van der Waals surface area contributed by atoms with Crippen LogP contribution >= 0.6 is 0 Å². The third-order valence-corrected chi connectivity index (χ3v) is 7.16. The van der Waals surface area contributed by atoms with Crippen molar-refractivity contribution in [2.45, 2.75) is 25.7 Å². The molecule has 36 heavy (non-hydrogen) atoms. The molecule has 0 aromatic heterocycles. The van der Waals surface area contributed by atoms with E-state index in [0.717, 1.165) is 11.8 Å². The molecule has 0 radical (unpaired) electrons.